The monoisotopic (exact) mass is 279 g/mol. The summed E-state index contributed by atoms with van der Waals surface area (Å²) in [4.78, 5) is 0. The fourth-order valence-corrected chi connectivity index (χ4v) is 3.17. The second kappa shape index (κ2) is 6.91. The zero-order chi connectivity index (χ0) is 14.5. The van der Waals surface area contributed by atoms with Crippen molar-refractivity contribution < 1.29 is 0 Å². The fourth-order valence-electron chi connectivity index (χ4n) is 3.17. The van der Waals surface area contributed by atoms with Crippen LogP contribution < -0.4 is 5.32 Å². The van der Waals surface area contributed by atoms with Crippen molar-refractivity contribution in [2.45, 2.75) is 44.1 Å². The molecule has 0 saturated heterocycles. The normalized spacial score (nSPS) is 16.4. The Morgan fingerprint density at radius 3 is 2.29 bits per heavy atom. The molecule has 0 amide bonds. The van der Waals surface area contributed by atoms with Crippen LogP contribution in [0.15, 0.2) is 54.6 Å². The molecule has 1 heteroatoms. The van der Waals surface area contributed by atoms with Crippen LogP contribution in [0.3, 0.4) is 0 Å². The van der Waals surface area contributed by atoms with E-state index in [1.807, 2.05) is 0 Å². The van der Waals surface area contributed by atoms with Crippen molar-refractivity contribution >= 4 is 0 Å². The van der Waals surface area contributed by atoms with Crippen LogP contribution in [0.25, 0.3) is 0 Å². The minimum atomic E-state index is 0.442. The highest BCUT2D eigenvalue weighted by molar-refractivity contribution is 5.27. The molecule has 1 aliphatic rings. The van der Waals surface area contributed by atoms with Crippen LogP contribution in [0.2, 0.25) is 0 Å². The highest BCUT2D eigenvalue weighted by atomic mass is 14.9. The molecule has 0 radical (unpaired) electrons. The molecule has 1 nitrogen and oxygen atoms in total. The molecule has 0 heterocycles. The van der Waals surface area contributed by atoms with Crippen LogP contribution in [0.5, 0.6) is 0 Å². The molecular weight excluding hydrogens is 254 g/mol. The van der Waals surface area contributed by atoms with Crippen molar-refractivity contribution in [2.75, 3.05) is 7.05 Å². The Bertz CT molecular complexity index is 540. The second-order valence-corrected chi connectivity index (χ2v) is 6.16. The molecule has 3 rings (SSSR count). The molecule has 2 aromatic carbocycles. The van der Waals surface area contributed by atoms with Gasteiger partial charge in [-0.1, -0.05) is 61.0 Å². The van der Waals surface area contributed by atoms with Crippen molar-refractivity contribution in [3.8, 4) is 0 Å². The highest BCUT2D eigenvalue weighted by Gasteiger charge is 2.18. The van der Waals surface area contributed by atoms with Crippen molar-refractivity contribution in [1.82, 2.24) is 5.32 Å². The number of hydrogen-bond donors (Lipinski definition) is 1. The van der Waals surface area contributed by atoms with Gasteiger partial charge >= 0.3 is 0 Å². The van der Waals surface area contributed by atoms with E-state index in [2.05, 4.69) is 67.0 Å². The summed E-state index contributed by atoms with van der Waals surface area (Å²) in [5.74, 6) is 0.841. The Balaban J connectivity index is 1.58. The molecule has 1 unspecified atom stereocenters. The molecule has 1 N–H and O–H groups in total. The third-order valence-electron chi connectivity index (χ3n) is 4.83. The molecule has 0 aromatic heterocycles. The largest absolute Gasteiger partial charge is 0.313 e. The summed E-state index contributed by atoms with van der Waals surface area (Å²) in [7, 11) is 2.05. The molecule has 21 heavy (non-hydrogen) atoms. The molecule has 0 aliphatic heterocycles. The van der Waals surface area contributed by atoms with E-state index in [4.69, 9.17) is 0 Å². The summed E-state index contributed by atoms with van der Waals surface area (Å²) < 4.78 is 0. The lowest BCUT2D eigenvalue weighted by Gasteiger charge is -2.25. The average Bonchev–Trinajstić information content (AvgIpc) is 2.49. The molecule has 110 valence electrons. The highest BCUT2D eigenvalue weighted by Crippen LogP contribution is 2.36. The minimum absolute atomic E-state index is 0.442. The first-order chi connectivity index (χ1) is 10.4. The van der Waals surface area contributed by atoms with Gasteiger partial charge in [-0.3, -0.25) is 0 Å². The van der Waals surface area contributed by atoms with Crippen LogP contribution in [-0.2, 0) is 6.42 Å². The van der Waals surface area contributed by atoms with E-state index in [0.29, 0.717) is 6.04 Å². The van der Waals surface area contributed by atoms with Gasteiger partial charge in [-0.15, -0.1) is 0 Å². The number of nitrogens with one attached hydrogen (secondary N) is 1. The van der Waals surface area contributed by atoms with Gasteiger partial charge in [-0.25, -0.2) is 0 Å². The van der Waals surface area contributed by atoms with Gasteiger partial charge in [0.05, 0.1) is 0 Å². The maximum atomic E-state index is 3.44. The van der Waals surface area contributed by atoms with Crippen molar-refractivity contribution in [2.24, 2.45) is 0 Å². The van der Waals surface area contributed by atoms with E-state index in [9.17, 15) is 0 Å². The van der Waals surface area contributed by atoms with Crippen LogP contribution in [-0.4, -0.2) is 7.05 Å². The van der Waals surface area contributed by atoms with E-state index in [-0.39, 0.29) is 0 Å². The van der Waals surface area contributed by atoms with E-state index >= 15 is 0 Å². The predicted octanol–water partition coefficient (Wildman–Crippen LogP) is 4.85. The quantitative estimate of drug-likeness (QED) is 0.797. The van der Waals surface area contributed by atoms with E-state index < -0.39 is 0 Å². The van der Waals surface area contributed by atoms with Gasteiger partial charge in [0.2, 0.25) is 0 Å². The Morgan fingerprint density at radius 1 is 1.00 bits per heavy atom. The number of benzene rings is 2. The van der Waals surface area contributed by atoms with Gasteiger partial charge < -0.3 is 5.32 Å². The Hall–Kier alpha value is -1.60. The van der Waals surface area contributed by atoms with Gasteiger partial charge in [0, 0.05) is 6.04 Å². The van der Waals surface area contributed by atoms with Gasteiger partial charge in [-0.2, -0.15) is 0 Å². The molecule has 0 spiro atoms. The molecule has 1 aliphatic carbocycles. The topological polar surface area (TPSA) is 12.0 Å². The molecule has 1 atom stereocenters. The van der Waals surface area contributed by atoms with Gasteiger partial charge in [0.15, 0.2) is 0 Å². The lowest BCUT2D eigenvalue weighted by Crippen LogP contribution is -2.17. The standard InChI is InChI=1S/C20H25N/c1-21-20(19-6-3-2-4-7-19)15-12-16-10-13-18(14-11-16)17-8-5-9-17/h2-4,6-7,10-11,13-14,17,20-21H,5,8-9,12,15H2,1H3. The van der Waals surface area contributed by atoms with Gasteiger partial charge in [-0.05, 0) is 55.3 Å². The maximum absolute atomic E-state index is 3.44. The molecule has 1 fully saturated rings. The van der Waals surface area contributed by atoms with Gasteiger partial charge in [0.1, 0.15) is 0 Å². The first-order valence-corrected chi connectivity index (χ1v) is 8.18. The first-order valence-electron chi connectivity index (χ1n) is 8.18. The van der Waals surface area contributed by atoms with Crippen LogP contribution in [0.1, 0.15) is 54.3 Å². The third-order valence-corrected chi connectivity index (χ3v) is 4.83. The predicted molar refractivity (Wildman–Crippen MR) is 89.6 cm³/mol. The molecule has 0 bridgehead atoms. The van der Waals surface area contributed by atoms with Crippen LogP contribution >= 0.6 is 0 Å². The lowest BCUT2D eigenvalue weighted by atomic mass is 9.80. The average molecular weight is 279 g/mol. The number of rotatable bonds is 6. The minimum Gasteiger partial charge on any atom is -0.313 e. The summed E-state index contributed by atoms with van der Waals surface area (Å²) in [6.45, 7) is 0. The number of aryl methyl sites for hydroxylation is 1. The van der Waals surface area contributed by atoms with Gasteiger partial charge in [0.25, 0.3) is 0 Å². The summed E-state index contributed by atoms with van der Waals surface area (Å²) in [6.07, 6.45) is 6.45. The van der Waals surface area contributed by atoms with Crippen LogP contribution in [0.4, 0.5) is 0 Å². The third kappa shape index (κ3) is 3.54. The second-order valence-electron chi connectivity index (χ2n) is 6.16. The number of hydrogen-bond acceptors (Lipinski definition) is 1. The fraction of sp³-hybridized carbons (Fsp3) is 0.400. The molecular formula is C20H25N. The molecule has 2 aromatic rings. The van der Waals surface area contributed by atoms with Crippen molar-refractivity contribution in [1.29, 1.82) is 0 Å². The summed E-state index contributed by atoms with van der Waals surface area (Å²) in [5, 5.41) is 3.44. The Morgan fingerprint density at radius 2 is 1.71 bits per heavy atom. The van der Waals surface area contributed by atoms with E-state index in [0.717, 1.165) is 18.8 Å². The van der Waals surface area contributed by atoms with Crippen molar-refractivity contribution in [3.05, 3.63) is 71.3 Å². The van der Waals surface area contributed by atoms with E-state index in [1.54, 1.807) is 5.56 Å². The summed E-state index contributed by atoms with van der Waals surface area (Å²) in [5.41, 5.74) is 4.37. The summed E-state index contributed by atoms with van der Waals surface area (Å²) in [6, 6.07) is 20.5. The van der Waals surface area contributed by atoms with Crippen LogP contribution in [0, 0.1) is 0 Å². The maximum Gasteiger partial charge on any atom is 0.0320 e. The zero-order valence-corrected chi connectivity index (χ0v) is 12.9. The SMILES string of the molecule is CNC(CCc1ccc(C2CCC2)cc1)c1ccccc1. The Labute approximate surface area is 128 Å². The van der Waals surface area contributed by atoms with E-state index in [1.165, 1.54) is 30.4 Å². The molecule has 1 saturated carbocycles. The lowest BCUT2D eigenvalue weighted by molar-refractivity contribution is 0.419. The zero-order valence-electron chi connectivity index (χ0n) is 12.9. The summed E-state index contributed by atoms with van der Waals surface area (Å²) >= 11 is 0. The smallest absolute Gasteiger partial charge is 0.0320 e. The Kier molecular flexibility index (Phi) is 4.72. The first kappa shape index (κ1) is 14.3. The van der Waals surface area contributed by atoms with Crippen molar-refractivity contribution in [3.63, 3.8) is 0 Å².